The fourth-order valence-electron chi connectivity index (χ4n) is 3.35. The van der Waals surface area contributed by atoms with E-state index < -0.39 is 0 Å². The smallest absolute Gasteiger partial charge is 0.306 e. The average Bonchev–Trinajstić information content (AvgIpc) is 3.39. The molecule has 28 heavy (non-hydrogen) atoms. The van der Waals surface area contributed by atoms with Crippen LogP contribution >= 0.6 is 0 Å². The van der Waals surface area contributed by atoms with Crippen LogP contribution in [0.5, 0.6) is 0 Å². The zero-order valence-electron chi connectivity index (χ0n) is 15.7. The maximum atomic E-state index is 12.6. The number of hydrogen-bond acceptors (Lipinski definition) is 5. The highest BCUT2D eigenvalue weighted by Crippen LogP contribution is 2.33. The van der Waals surface area contributed by atoms with Crippen molar-refractivity contribution in [1.82, 2.24) is 28.7 Å². The molecule has 0 fully saturated rings. The van der Waals surface area contributed by atoms with Gasteiger partial charge < -0.3 is 8.98 Å². The molecule has 0 spiro atoms. The molecule has 0 bridgehead atoms. The van der Waals surface area contributed by atoms with Gasteiger partial charge in [0, 0.05) is 31.0 Å². The summed E-state index contributed by atoms with van der Waals surface area (Å²) < 4.78 is 10.7. The molecular weight excluding hydrogens is 356 g/mol. The van der Waals surface area contributed by atoms with Crippen LogP contribution in [0.2, 0.25) is 0 Å². The molecule has 5 aromatic rings. The Morgan fingerprint density at radius 1 is 1.14 bits per heavy atom. The Hall–Kier alpha value is -3.68. The number of oxazole rings is 1. The summed E-state index contributed by atoms with van der Waals surface area (Å²) in [4.78, 5) is 21.5. The van der Waals surface area contributed by atoms with Crippen LogP contribution in [0.3, 0.4) is 0 Å². The van der Waals surface area contributed by atoms with Crippen molar-refractivity contribution in [2.45, 2.75) is 19.9 Å². The van der Waals surface area contributed by atoms with Crippen molar-refractivity contribution < 1.29 is 4.42 Å². The Bertz CT molecular complexity index is 1390. The van der Waals surface area contributed by atoms with Crippen LogP contribution in [0.4, 0.5) is 0 Å². The molecule has 0 N–H and O–H groups in total. The van der Waals surface area contributed by atoms with Crippen LogP contribution in [0.15, 0.2) is 58.5 Å². The van der Waals surface area contributed by atoms with E-state index >= 15 is 0 Å². The minimum Gasteiger partial charge on any atom is -0.432 e. The van der Waals surface area contributed by atoms with Crippen molar-refractivity contribution >= 4 is 16.7 Å². The minimum atomic E-state index is -0.0922. The van der Waals surface area contributed by atoms with Crippen LogP contribution in [-0.4, -0.2) is 28.7 Å². The Labute approximate surface area is 159 Å². The summed E-state index contributed by atoms with van der Waals surface area (Å²) in [7, 11) is 1.69. The summed E-state index contributed by atoms with van der Waals surface area (Å²) in [5.41, 5.74) is 3.70. The van der Waals surface area contributed by atoms with E-state index in [4.69, 9.17) is 4.42 Å². The first-order valence-corrected chi connectivity index (χ1v) is 9.00. The lowest BCUT2D eigenvalue weighted by molar-refractivity contribution is 0.534. The van der Waals surface area contributed by atoms with Gasteiger partial charge in [-0.05, 0) is 32.0 Å². The lowest BCUT2D eigenvalue weighted by atomic mass is 10.1. The minimum absolute atomic E-state index is 0.0922. The maximum absolute atomic E-state index is 12.6. The predicted molar refractivity (Wildman–Crippen MR) is 105 cm³/mol. The number of fused-ring (bicyclic) bond motifs is 2. The molecule has 1 aromatic carbocycles. The Balaban J connectivity index is 1.78. The first-order valence-electron chi connectivity index (χ1n) is 9.00. The highest BCUT2D eigenvalue weighted by Gasteiger charge is 2.20. The first-order chi connectivity index (χ1) is 13.5. The fourth-order valence-corrected chi connectivity index (χ4v) is 3.35. The van der Waals surface area contributed by atoms with Crippen LogP contribution in [0.1, 0.15) is 19.9 Å². The highest BCUT2D eigenvalue weighted by molar-refractivity contribution is 5.87. The molecule has 8 nitrogen and oxygen atoms in total. The molecule has 0 atom stereocenters. The van der Waals surface area contributed by atoms with Crippen LogP contribution < -0.4 is 5.56 Å². The fraction of sp³-hybridized carbons (Fsp3) is 0.200. The van der Waals surface area contributed by atoms with E-state index in [0.717, 1.165) is 17.0 Å². The third-order valence-electron chi connectivity index (χ3n) is 4.83. The molecule has 4 heterocycles. The molecule has 0 unspecified atom stereocenters. The zero-order chi connectivity index (χ0) is 19.4. The van der Waals surface area contributed by atoms with E-state index in [0.29, 0.717) is 22.4 Å². The van der Waals surface area contributed by atoms with Gasteiger partial charge in [-0.2, -0.15) is 10.1 Å². The molecule has 140 valence electrons. The van der Waals surface area contributed by atoms with E-state index in [9.17, 15) is 4.79 Å². The van der Waals surface area contributed by atoms with Gasteiger partial charge in [-0.25, -0.2) is 4.98 Å². The van der Waals surface area contributed by atoms with Crippen LogP contribution in [-0.2, 0) is 7.05 Å². The second kappa shape index (κ2) is 5.91. The van der Waals surface area contributed by atoms with Crippen LogP contribution in [0, 0.1) is 0 Å². The topological polar surface area (TPSA) is 83.2 Å². The van der Waals surface area contributed by atoms with Gasteiger partial charge in [0.25, 0.3) is 5.56 Å². The lowest BCUT2D eigenvalue weighted by Gasteiger charge is -2.06. The molecule has 0 aliphatic carbocycles. The summed E-state index contributed by atoms with van der Waals surface area (Å²) in [6.45, 7) is 4.14. The van der Waals surface area contributed by atoms with Gasteiger partial charge in [0.1, 0.15) is 17.7 Å². The van der Waals surface area contributed by atoms with Crippen molar-refractivity contribution in [3.8, 4) is 22.6 Å². The van der Waals surface area contributed by atoms with Gasteiger partial charge in [0.2, 0.25) is 0 Å². The van der Waals surface area contributed by atoms with Gasteiger partial charge in [-0.1, -0.05) is 6.07 Å². The Morgan fingerprint density at radius 3 is 2.79 bits per heavy atom. The monoisotopic (exact) mass is 374 g/mol. The van der Waals surface area contributed by atoms with E-state index in [-0.39, 0.29) is 11.6 Å². The normalized spacial score (nSPS) is 11.9. The molecule has 0 amide bonds. The Morgan fingerprint density at radius 2 is 2.00 bits per heavy atom. The second-order valence-electron chi connectivity index (χ2n) is 7.03. The number of benzene rings is 1. The summed E-state index contributed by atoms with van der Waals surface area (Å²) >= 11 is 0. The van der Waals surface area contributed by atoms with Crippen molar-refractivity contribution in [1.29, 1.82) is 0 Å². The SMILES string of the molecule is CC(C)n1ccc(-c2nc3occn3c2-c2ccc3ncn(C)c(=O)c3c2)n1. The van der Waals surface area contributed by atoms with Gasteiger partial charge in [-0.3, -0.25) is 13.9 Å². The number of rotatable bonds is 3. The first kappa shape index (κ1) is 16.5. The van der Waals surface area contributed by atoms with E-state index in [1.165, 1.54) is 10.9 Å². The molecule has 0 radical (unpaired) electrons. The largest absolute Gasteiger partial charge is 0.432 e. The van der Waals surface area contributed by atoms with Gasteiger partial charge in [-0.15, -0.1) is 0 Å². The van der Waals surface area contributed by atoms with E-state index in [2.05, 4.69) is 28.9 Å². The number of hydrogen-bond donors (Lipinski definition) is 0. The molecule has 0 saturated heterocycles. The second-order valence-corrected chi connectivity index (χ2v) is 7.03. The molecule has 8 heteroatoms. The summed E-state index contributed by atoms with van der Waals surface area (Å²) in [6, 6.07) is 7.82. The zero-order valence-corrected chi connectivity index (χ0v) is 15.7. The number of nitrogens with zero attached hydrogens (tertiary/aromatic N) is 6. The molecule has 0 saturated carbocycles. The average molecular weight is 374 g/mol. The predicted octanol–water partition coefficient (Wildman–Crippen LogP) is 3.29. The van der Waals surface area contributed by atoms with E-state index in [1.54, 1.807) is 13.3 Å². The summed E-state index contributed by atoms with van der Waals surface area (Å²) in [6.07, 6.45) is 6.86. The standard InChI is InChI=1S/C20H18N6O2/c1-12(2)26-7-6-16(23-26)17-18(25-8-9-28-20(25)22-17)13-4-5-15-14(10-13)19(27)24(3)11-21-15/h4-12H,1-3H3. The molecular formula is C20H18N6O2. The number of aryl methyl sites for hydroxylation is 1. The van der Waals surface area contributed by atoms with Gasteiger partial charge in [0.15, 0.2) is 0 Å². The third-order valence-corrected chi connectivity index (χ3v) is 4.83. The molecule has 5 rings (SSSR count). The molecule has 4 aromatic heterocycles. The number of imidazole rings is 1. The van der Waals surface area contributed by atoms with Gasteiger partial charge in [0.05, 0.1) is 22.9 Å². The number of aromatic nitrogens is 6. The van der Waals surface area contributed by atoms with Crippen molar-refractivity contribution in [2.75, 3.05) is 0 Å². The van der Waals surface area contributed by atoms with Crippen molar-refractivity contribution in [2.24, 2.45) is 7.05 Å². The third kappa shape index (κ3) is 2.38. The van der Waals surface area contributed by atoms with Crippen LogP contribution in [0.25, 0.3) is 39.4 Å². The molecule has 0 aliphatic rings. The lowest BCUT2D eigenvalue weighted by Crippen LogP contribution is -2.16. The quantitative estimate of drug-likeness (QED) is 0.484. The van der Waals surface area contributed by atoms with Gasteiger partial charge >= 0.3 is 5.84 Å². The summed E-state index contributed by atoms with van der Waals surface area (Å²) in [5.74, 6) is 0.475. The molecule has 0 aliphatic heterocycles. The highest BCUT2D eigenvalue weighted by atomic mass is 16.3. The van der Waals surface area contributed by atoms with Crippen molar-refractivity contribution in [3.63, 3.8) is 0 Å². The van der Waals surface area contributed by atoms with Crippen molar-refractivity contribution in [3.05, 3.63) is 59.6 Å². The van der Waals surface area contributed by atoms with E-state index in [1.807, 2.05) is 45.7 Å². The Kier molecular flexibility index (Phi) is 3.48. The summed E-state index contributed by atoms with van der Waals surface area (Å²) in [5, 5.41) is 5.21. The maximum Gasteiger partial charge on any atom is 0.306 e.